The molecule has 0 bridgehead atoms. The molecule has 4 heteroatoms. The molecule has 1 aromatic carbocycles. The number of methoxy groups -OCH3 is 1. The first kappa shape index (κ1) is 14.7. The lowest BCUT2D eigenvalue weighted by atomic mass is 9.87. The van der Waals surface area contributed by atoms with Gasteiger partial charge < -0.3 is 4.74 Å². The second-order valence-electron chi connectivity index (χ2n) is 5.62. The van der Waals surface area contributed by atoms with Crippen LogP contribution in [0.4, 0.5) is 0 Å². The molecule has 0 saturated carbocycles. The van der Waals surface area contributed by atoms with E-state index in [1.807, 2.05) is 10.2 Å². The van der Waals surface area contributed by atoms with Crippen LogP contribution in [0.2, 0.25) is 0 Å². The molecule has 0 unspecified atom stereocenters. The maximum absolute atomic E-state index is 11.4. The van der Waals surface area contributed by atoms with E-state index < -0.39 is 0 Å². The second-order valence-corrected chi connectivity index (χ2v) is 6.69. The van der Waals surface area contributed by atoms with Gasteiger partial charge in [0.05, 0.1) is 12.7 Å². The summed E-state index contributed by atoms with van der Waals surface area (Å²) in [5.41, 5.74) is 2.03. The molecule has 1 heterocycles. The van der Waals surface area contributed by atoms with Crippen LogP contribution >= 0.6 is 11.9 Å². The molecular formula is C16H19NO2S. The van der Waals surface area contributed by atoms with Crippen molar-refractivity contribution in [2.75, 3.05) is 7.11 Å². The van der Waals surface area contributed by atoms with Crippen LogP contribution in [0.25, 0.3) is 0 Å². The Hall–Kier alpha value is -1.68. The van der Waals surface area contributed by atoms with E-state index in [9.17, 15) is 4.79 Å². The van der Waals surface area contributed by atoms with Crippen molar-refractivity contribution in [2.24, 2.45) is 0 Å². The molecule has 106 valence electrons. The van der Waals surface area contributed by atoms with Crippen molar-refractivity contribution < 1.29 is 9.53 Å². The minimum atomic E-state index is -0.313. The molecule has 2 rings (SSSR count). The van der Waals surface area contributed by atoms with Crippen molar-refractivity contribution in [3.8, 4) is 0 Å². The highest BCUT2D eigenvalue weighted by atomic mass is 32.2. The lowest BCUT2D eigenvalue weighted by molar-refractivity contribution is 0.0601. The van der Waals surface area contributed by atoms with Gasteiger partial charge in [-0.1, -0.05) is 32.9 Å². The second kappa shape index (κ2) is 5.75. The SMILES string of the molecule is COC(=O)c1ccn(Sc2ccc(C(C)(C)C)cc2)c1. The molecule has 0 N–H and O–H groups in total. The van der Waals surface area contributed by atoms with E-state index in [0.29, 0.717) is 5.56 Å². The highest BCUT2D eigenvalue weighted by Gasteiger charge is 2.13. The van der Waals surface area contributed by atoms with Crippen LogP contribution in [0.5, 0.6) is 0 Å². The number of carbonyl (C=O) groups is 1. The van der Waals surface area contributed by atoms with Crippen LogP contribution in [0.3, 0.4) is 0 Å². The first-order chi connectivity index (χ1) is 9.40. The van der Waals surface area contributed by atoms with Crippen molar-refractivity contribution in [3.05, 3.63) is 53.9 Å². The molecule has 2 aromatic rings. The van der Waals surface area contributed by atoms with E-state index in [1.54, 1.807) is 24.2 Å². The monoisotopic (exact) mass is 289 g/mol. The third kappa shape index (κ3) is 3.45. The van der Waals surface area contributed by atoms with Crippen molar-refractivity contribution in [1.82, 2.24) is 3.97 Å². The lowest BCUT2D eigenvalue weighted by Gasteiger charge is -2.19. The summed E-state index contributed by atoms with van der Waals surface area (Å²) in [5, 5.41) is 0. The summed E-state index contributed by atoms with van der Waals surface area (Å²) < 4.78 is 6.59. The Balaban J connectivity index is 2.10. The molecule has 0 aliphatic heterocycles. The van der Waals surface area contributed by atoms with Crippen molar-refractivity contribution in [3.63, 3.8) is 0 Å². The van der Waals surface area contributed by atoms with E-state index in [4.69, 9.17) is 4.74 Å². The van der Waals surface area contributed by atoms with Gasteiger partial charge in [0.1, 0.15) is 0 Å². The average Bonchev–Trinajstić information content (AvgIpc) is 2.86. The zero-order valence-corrected chi connectivity index (χ0v) is 13.0. The lowest BCUT2D eigenvalue weighted by Crippen LogP contribution is -2.10. The molecule has 1 aromatic heterocycles. The van der Waals surface area contributed by atoms with Gasteiger partial charge in [-0.3, -0.25) is 3.97 Å². The smallest absolute Gasteiger partial charge is 0.339 e. The van der Waals surface area contributed by atoms with Gasteiger partial charge in [-0.05, 0) is 41.1 Å². The number of hydrogen-bond donors (Lipinski definition) is 0. The fourth-order valence-electron chi connectivity index (χ4n) is 1.81. The number of rotatable bonds is 3. The number of nitrogens with zero attached hydrogens (tertiary/aromatic N) is 1. The predicted octanol–water partition coefficient (Wildman–Crippen LogP) is 4.13. The van der Waals surface area contributed by atoms with Gasteiger partial charge in [0, 0.05) is 17.3 Å². The van der Waals surface area contributed by atoms with Crippen molar-refractivity contribution in [1.29, 1.82) is 0 Å². The van der Waals surface area contributed by atoms with Crippen LogP contribution in [0.1, 0.15) is 36.7 Å². The minimum absolute atomic E-state index is 0.161. The van der Waals surface area contributed by atoms with E-state index in [1.165, 1.54) is 12.7 Å². The molecule has 0 aliphatic rings. The first-order valence-electron chi connectivity index (χ1n) is 6.45. The average molecular weight is 289 g/mol. The number of carbonyl (C=O) groups excluding carboxylic acids is 1. The predicted molar refractivity (Wildman–Crippen MR) is 82.2 cm³/mol. The maximum Gasteiger partial charge on any atom is 0.339 e. The van der Waals surface area contributed by atoms with Gasteiger partial charge in [-0.15, -0.1) is 0 Å². The third-order valence-electron chi connectivity index (χ3n) is 3.02. The van der Waals surface area contributed by atoms with E-state index in [-0.39, 0.29) is 11.4 Å². The summed E-state index contributed by atoms with van der Waals surface area (Å²) in [6, 6.07) is 10.2. The summed E-state index contributed by atoms with van der Waals surface area (Å²) >= 11 is 1.56. The Morgan fingerprint density at radius 1 is 1.15 bits per heavy atom. The zero-order chi connectivity index (χ0) is 14.8. The Bertz CT molecular complexity index is 594. The van der Waals surface area contributed by atoms with E-state index in [0.717, 1.165) is 4.90 Å². The quantitative estimate of drug-likeness (QED) is 0.796. The van der Waals surface area contributed by atoms with Gasteiger partial charge in [0.2, 0.25) is 0 Å². The fourth-order valence-corrected chi connectivity index (χ4v) is 2.60. The van der Waals surface area contributed by atoms with Crippen LogP contribution in [0, 0.1) is 0 Å². The molecular weight excluding hydrogens is 270 g/mol. The maximum atomic E-state index is 11.4. The number of aromatic nitrogens is 1. The Labute approximate surface area is 124 Å². The highest BCUT2D eigenvalue weighted by molar-refractivity contribution is 7.97. The molecule has 0 atom stereocenters. The fraction of sp³-hybridized carbons (Fsp3) is 0.312. The summed E-state index contributed by atoms with van der Waals surface area (Å²) in [7, 11) is 1.39. The Morgan fingerprint density at radius 3 is 2.35 bits per heavy atom. The largest absolute Gasteiger partial charge is 0.465 e. The Kier molecular flexibility index (Phi) is 4.23. The van der Waals surface area contributed by atoms with Crippen LogP contribution in [0.15, 0.2) is 47.6 Å². The van der Waals surface area contributed by atoms with Crippen molar-refractivity contribution >= 4 is 17.9 Å². The molecule has 0 spiro atoms. The summed E-state index contributed by atoms with van der Waals surface area (Å²) in [6.07, 6.45) is 3.63. The first-order valence-corrected chi connectivity index (χ1v) is 7.23. The number of ether oxygens (including phenoxy) is 1. The zero-order valence-electron chi connectivity index (χ0n) is 12.2. The number of hydrogen-bond acceptors (Lipinski definition) is 3. The normalized spacial score (nSPS) is 11.4. The van der Waals surface area contributed by atoms with Crippen LogP contribution in [-0.2, 0) is 10.2 Å². The molecule has 0 amide bonds. The molecule has 0 radical (unpaired) electrons. The van der Waals surface area contributed by atoms with Gasteiger partial charge in [-0.25, -0.2) is 4.79 Å². The van der Waals surface area contributed by atoms with Gasteiger partial charge >= 0.3 is 5.97 Å². The van der Waals surface area contributed by atoms with Gasteiger partial charge in [0.15, 0.2) is 0 Å². The van der Waals surface area contributed by atoms with E-state index in [2.05, 4.69) is 45.0 Å². The number of esters is 1. The molecule has 0 fully saturated rings. The standard InChI is InChI=1S/C16H19NO2S/c1-16(2,3)13-5-7-14(8-6-13)20-17-10-9-12(11-17)15(18)19-4/h5-11H,1-4H3. The van der Waals surface area contributed by atoms with Gasteiger partial charge in [0.25, 0.3) is 0 Å². The van der Waals surface area contributed by atoms with E-state index >= 15 is 0 Å². The molecule has 20 heavy (non-hydrogen) atoms. The third-order valence-corrected chi connectivity index (χ3v) is 3.94. The minimum Gasteiger partial charge on any atom is -0.465 e. The molecule has 0 saturated heterocycles. The Morgan fingerprint density at radius 2 is 1.80 bits per heavy atom. The topological polar surface area (TPSA) is 31.2 Å². The van der Waals surface area contributed by atoms with Crippen molar-refractivity contribution in [2.45, 2.75) is 31.1 Å². The summed E-state index contributed by atoms with van der Waals surface area (Å²) in [4.78, 5) is 12.5. The highest BCUT2D eigenvalue weighted by Crippen LogP contribution is 2.26. The van der Waals surface area contributed by atoms with Gasteiger partial charge in [-0.2, -0.15) is 0 Å². The number of benzene rings is 1. The van der Waals surface area contributed by atoms with Crippen LogP contribution < -0.4 is 0 Å². The molecule has 3 nitrogen and oxygen atoms in total. The van der Waals surface area contributed by atoms with Crippen LogP contribution in [-0.4, -0.2) is 17.1 Å². The summed E-state index contributed by atoms with van der Waals surface area (Å²) in [6.45, 7) is 6.59. The summed E-state index contributed by atoms with van der Waals surface area (Å²) in [5.74, 6) is -0.313. The molecule has 0 aliphatic carbocycles.